The van der Waals surface area contributed by atoms with Gasteiger partial charge in [0.05, 0.1) is 13.0 Å². The summed E-state index contributed by atoms with van der Waals surface area (Å²) >= 11 is 0. The predicted octanol–water partition coefficient (Wildman–Crippen LogP) is 1.60. The van der Waals surface area contributed by atoms with Gasteiger partial charge >= 0.3 is 5.97 Å². The topological polar surface area (TPSA) is 49.8 Å². The number of hydrogen-bond donors (Lipinski definition) is 1. The van der Waals surface area contributed by atoms with Gasteiger partial charge in [-0.1, -0.05) is 12.1 Å². The second kappa shape index (κ2) is 5.19. The highest BCUT2D eigenvalue weighted by Gasteiger charge is 2.27. The van der Waals surface area contributed by atoms with Crippen LogP contribution < -0.4 is 4.74 Å². The number of nitrogens with zero attached hydrogens (tertiary/aromatic N) is 1. The third-order valence-electron chi connectivity index (χ3n) is 3.16. The molecule has 0 spiro atoms. The Bertz CT molecular complexity index is 405. The van der Waals surface area contributed by atoms with Crippen LogP contribution in [0.15, 0.2) is 24.3 Å². The Hall–Kier alpha value is -1.55. The molecule has 2 rings (SSSR count). The maximum Gasteiger partial charge on any atom is 0.307 e. The molecule has 0 saturated carbocycles. The van der Waals surface area contributed by atoms with E-state index in [1.807, 2.05) is 24.3 Å². The molecule has 0 aliphatic carbocycles. The summed E-state index contributed by atoms with van der Waals surface area (Å²) in [7, 11) is 1.65. The highest BCUT2D eigenvalue weighted by molar-refractivity contribution is 5.70. The SMILES string of the molecule is COc1cccc(CN2CC[C@@H](C(=O)O)C2)c1. The lowest BCUT2D eigenvalue weighted by molar-refractivity contribution is -0.141. The molecule has 17 heavy (non-hydrogen) atoms. The maximum absolute atomic E-state index is 10.9. The Labute approximate surface area is 101 Å². The number of likely N-dealkylation sites (tertiary alicyclic amines) is 1. The average molecular weight is 235 g/mol. The Morgan fingerprint density at radius 2 is 2.41 bits per heavy atom. The molecule has 1 N–H and O–H groups in total. The van der Waals surface area contributed by atoms with Crippen molar-refractivity contribution in [3.05, 3.63) is 29.8 Å². The molecule has 1 aromatic rings. The molecule has 4 heteroatoms. The van der Waals surface area contributed by atoms with Gasteiger partial charge in [0.25, 0.3) is 0 Å². The number of carboxylic acid groups (broad SMARTS) is 1. The van der Waals surface area contributed by atoms with Crippen molar-refractivity contribution in [2.75, 3.05) is 20.2 Å². The van der Waals surface area contributed by atoms with Crippen LogP contribution in [0.2, 0.25) is 0 Å². The van der Waals surface area contributed by atoms with Crippen molar-refractivity contribution in [1.82, 2.24) is 4.90 Å². The van der Waals surface area contributed by atoms with Gasteiger partial charge in [-0.05, 0) is 30.7 Å². The quantitative estimate of drug-likeness (QED) is 0.861. The van der Waals surface area contributed by atoms with Gasteiger partial charge in [-0.3, -0.25) is 9.69 Å². The molecule has 0 radical (unpaired) electrons. The van der Waals surface area contributed by atoms with Crippen LogP contribution in [0.25, 0.3) is 0 Å². The minimum atomic E-state index is -0.682. The average Bonchev–Trinajstić information content (AvgIpc) is 2.78. The molecular formula is C13H17NO3. The molecule has 1 saturated heterocycles. The lowest BCUT2D eigenvalue weighted by Gasteiger charge is -2.15. The van der Waals surface area contributed by atoms with E-state index in [4.69, 9.17) is 9.84 Å². The molecule has 0 unspecified atom stereocenters. The minimum Gasteiger partial charge on any atom is -0.497 e. The third kappa shape index (κ3) is 2.97. The zero-order valence-electron chi connectivity index (χ0n) is 9.93. The van der Waals surface area contributed by atoms with E-state index in [0.717, 1.165) is 30.8 Å². The summed E-state index contributed by atoms with van der Waals surface area (Å²) in [5.41, 5.74) is 1.16. The number of ether oxygens (including phenoxy) is 1. The number of carbonyl (C=O) groups is 1. The molecule has 0 aromatic heterocycles. The number of rotatable bonds is 4. The van der Waals surface area contributed by atoms with Crippen LogP contribution in [-0.2, 0) is 11.3 Å². The largest absolute Gasteiger partial charge is 0.497 e. The Balaban J connectivity index is 1.95. The summed E-state index contributed by atoms with van der Waals surface area (Å²) in [4.78, 5) is 13.0. The van der Waals surface area contributed by atoms with E-state index < -0.39 is 5.97 Å². The summed E-state index contributed by atoms with van der Waals surface area (Å²) < 4.78 is 5.17. The number of carboxylic acids is 1. The van der Waals surface area contributed by atoms with Crippen molar-refractivity contribution in [1.29, 1.82) is 0 Å². The summed E-state index contributed by atoms with van der Waals surface area (Å²) in [5, 5.41) is 8.93. The first-order valence-electron chi connectivity index (χ1n) is 5.77. The van der Waals surface area contributed by atoms with Gasteiger partial charge in [0.2, 0.25) is 0 Å². The number of methoxy groups -OCH3 is 1. The molecule has 1 fully saturated rings. The fourth-order valence-electron chi connectivity index (χ4n) is 2.21. The second-order valence-corrected chi connectivity index (χ2v) is 4.41. The van der Waals surface area contributed by atoms with Gasteiger partial charge in [-0.15, -0.1) is 0 Å². The molecule has 1 aliphatic heterocycles. The monoisotopic (exact) mass is 235 g/mol. The van der Waals surface area contributed by atoms with Crippen LogP contribution in [0.3, 0.4) is 0 Å². The Morgan fingerprint density at radius 1 is 1.59 bits per heavy atom. The fraction of sp³-hybridized carbons (Fsp3) is 0.462. The minimum absolute atomic E-state index is 0.208. The van der Waals surface area contributed by atoms with Gasteiger partial charge < -0.3 is 9.84 Å². The van der Waals surface area contributed by atoms with Crippen molar-refractivity contribution in [3.63, 3.8) is 0 Å². The molecule has 92 valence electrons. The van der Waals surface area contributed by atoms with Crippen LogP contribution in [0.4, 0.5) is 0 Å². The molecule has 1 aromatic carbocycles. The zero-order chi connectivity index (χ0) is 12.3. The van der Waals surface area contributed by atoms with E-state index in [1.54, 1.807) is 7.11 Å². The van der Waals surface area contributed by atoms with Gasteiger partial charge in [0, 0.05) is 13.1 Å². The Morgan fingerprint density at radius 3 is 3.06 bits per heavy atom. The molecule has 4 nitrogen and oxygen atoms in total. The first-order chi connectivity index (χ1) is 8.19. The molecule has 1 aliphatic rings. The summed E-state index contributed by atoms with van der Waals surface area (Å²) in [6.45, 7) is 2.29. The lowest BCUT2D eigenvalue weighted by Crippen LogP contribution is -2.22. The van der Waals surface area contributed by atoms with Crippen LogP contribution in [0.1, 0.15) is 12.0 Å². The smallest absolute Gasteiger partial charge is 0.307 e. The van der Waals surface area contributed by atoms with Crippen molar-refractivity contribution in [2.24, 2.45) is 5.92 Å². The number of benzene rings is 1. The molecule has 1 atom stereocenters. The normalized spacial score (nSPS) is 20.4. The highest BCUT2D eigenvalue weighted by Crippen LogP contribution is 2.20. The van der Waals surface area contributed by atoms with E-state index in [1.165, 1.54) is 0 Å². The van der Waals surface area contributed by atoms with Gasteiger partial charge in [0.15, 0.2) is 0 Å². The second-order valence-electron chi connectivity index (χ2n) is 4.41. The predicted molar refractivity (Wildman–Crippen MR) is 64.0 cm³/mol. The van der Waals surface area contributed by atoms with Crippen LogP contribution in [0, 0.1) is 5.92 Å². The Kier molecular flexibility index (Phi) is 3.64. The first kappa shape index (κ1) is 11.9. The van der Waals surface area contributed by atoms with E-state index >= 15 is 0 Å². The molecular weight excluding hydrogens is 218 g/mol. The van der Waals surface area contributed by atoms with Crippen molar-refractivity contribution < 1.29 is 14.6 Å². The zero-order valence-corrected chi connectivity index (χ0v) is 9.93. The van der Waals surface area contributed by atoms with E-state index in [-0.39, 0.29) is 5.92 Å². The highest BCUT2D eigenvalue weighted by atomic mass is 16.5. The molecule has 0 bridgehead atoms. The lowest BCUT2D eigenvalue weighted by atomic mass is 10.1. The van der Waals surface area contributed by atoms with Gasteiger partial charge in [-0.25, -0.2) is 0 Å². The molecule has 0 amide bonds. The number of hydrogen-bond acceptors (Lipinski definition) is 3. The van der Waals surface area contributed by atoms with Gasteiger partial charge in [0.1, 0.15) is 5.75 Å². The molecule has 1 heterocycles. The maximum atomic E-state index is 10.9. The fourth-order valence-corrected chi connectivity index (χ4v) is 2.21. The summed E-state index contributed by atoms with van der Waals surface area (Å²) in [6, 6.07) is 7.90. The van der Waals surface area contributed by atoms with Crippen molar-refractivity contribution in [2.45, 2.75) is 13.0 Å². The van der Waals surface area contributed by atoms with Crippen LogP contribution in [0.5, 0.6) is 5.75 Å². The van der Waals surface area contributed by atoms with Crippen molar-refractivity contribution >= 4 is 5.97 Å². The van der Waals surface area contributed by atoms with Gasteiger partial charge in [-0.2, -0.15) is 0 Å². The summed E-state index contributed by atoms with van der Waals surface area (Å²) in [6.07, 6.45) is 0.749. The summed E-state index contributed by atoms with van der Waals surface area (Å²) in [5.74, 6) is -0.0461. The van der Waals surface area contributed by atoms with E-state index in [0.29, 0.717) is 6.54 Å². The van der Waals surface area contributed by atoms with E-state index in [9.17, 15) is 4.79 Å². The third-order valence-corrected chi connectivity index (χ3v) is 3.16. The first-order valence-corrected chi connectivity index (χ1v) is 5.77. The standard InChI is InChI=1S/C13H17NO3/c1-17-12-4-2-3-10(7-12)8-14-6-5-11(9-14)13(15)16/h2-4,7,11H,5-6,8-9H2,1H3,(H,15,16)/t11-/m1/s1. The number of aliphatic carboxylic acids is 1. The van der Waals surface area contributed by atoms with Crippen LogP contribution >= 0.6 is 0 Å². The van der Waals surface area contributed by atoms with E-state index in [2.05, 4.69) is 4.90 Å². The van der Waals surface area contributed by atoms with Crippen LogP contribution in [-0.4, -0.2) is 36.2 Å². The van der Waals surface area contributed by atoms with Crippen molar-refractivity contribution in [3.8, 4) is 5.75 Å².